The van der Waals surface area contributed by atoms with Gasteiger partial charge in [0, 0.05) is 23.1 Å². The van der Waals surface area contributed by atoms with E-state index in [4.69, 9.17) is 4.74 Å². The zero-order valence-corrected chi connectivity index (χ0v) is 16.4. The molecule has 1 heterocycles. The Balaban J connectivity index is 1.73. The lowest BCUT2D eigenvalue weighted by Gasteiger charge is -2.35. The number of rotatable bonds is 3. The average Bonchev–Trinajstić information content (AvgIpc) is 2.75. The highest BCUT2D eigenvalue weighted by Gasteiger charge is 2.35. The SMILES string of the molecule is O=C(NC1Cc2c(O)cccc2O[C@@H]1c1cc(O)c(O)c(O)c1)c1cc(O)c(O)c(O)c1. The van der Waals surface area contributed by atoms with Crippen LogP contribution in [0.2, 0.25) is 0 Å². The fourth-order valence-corrected chi connectivity index (χ4v) is 3.62. The third-order valence-corrected chi connectivity index (χ3v) is 5.22. The molecule has 1 amide bonds. The van der Waals surface area contributed by atoms with Gasteiger partial charge in [-0.3, -0.25) is 4.79 Å². The van der Waals surface area contributed by atoms with Gasteiger partial charge in [0.15, 0.2) is 34.5 Å². The van der Waals surface area contributed by atoms with Gasteiger partial charge in [-0.2, -0.15) is 0 Å². The minimum Gasteiger partial charge on any atom is -0.508 e. The van der Waals surface area contributed by atoms with E-state index in [1.165, 1.54) is 18.2 Å². The van der Waals surface area contributed by atoms with Gasteiger partial charge in [-0.25, -0.2) is 0 Å². The van der Waals surface area contributed by atoms with E-state index in [0.717, 1.165) is 12.1 Å². The van der Waals surface area contributed by atoms with E-state index >= 15 is 0 Å². The molecule has 0 radical (unpaired) electrons. The molecule has 0 saturated heterocycles. The maximum atomic E-state index is 12.8. The van der Waals surface area contributed by atoms with Crippen LogP contribution in [0.5, 0.6) is 46.0 Å². The number of phenols is 7. The number of nitrogens with one attached hydrogen (secondary N) is 1. The number of carbonyl (C=O) groups excluding carboxylic acids is 1. The summed E-state index contributed by atoms with van der Waals surface area (Å²) in [6, 6.07) is 8.06. The highest BCUT2D eigenvalue weighted by atomic mass is 16.5. The topological polar surface area (TPSA) is 180 Å². The van der Waals surface area contributed by atoms with Crippen LogP contribution in [0, 0.1) is 0 Å². The molecule has 10 heteroatoms. The van der Waals surface area contributed by atoms with Crippen molar-refractivity contribution in [1.82, 2.24) is 5.32 Å². The Hall–Kier alpha value is -4.47. The molecule has 166 valence electrons. The van der Waals surface area contributed by atoms with Gasteiger partial charge in [0.25, 0.3) is 5.91 Å². The van der Waals surface area contributed by atoms with Crippen LogP contribution in [0.4, 0.5) is 0 Å². The Bertz CT molecular complexity index is 1180. The third-order valence-electron chi connectivity index (χ3n) is 5.22. The zero-order chi connectivity index (χ0) is 23.2. The number of phenolic OH excluding ortho intramolecular Hbond substituents is 7. The van der Waals surface area contributed by atoms with E-state index in [1.807, 2.05) is 0 Å². The highest BCUT2D eigenvalue weighted by molar-refractivity contribution is 5.95. The molecule has 0 aromatic heterocycles. The van der Waals surface area contributed by atoms with Crippen LogP contribution >= 0.6 is 0 Å². The van der Waals surface area contributed by atoms with E-state index in [2.05, 4.69) is 5.32 Å². The van der Waals surface area contributed by atoms with Crippen LogP contribution in [0.3, 0.4) is 0 Å². The maximum Gasteiger partial charge on any atom is 0.251 e. The molecular weight excluding hydrogens is 422 g/mol. The van der Waals surface area contributed by atoms with Crippen molar-refractivity contribution >= 4 is 5.91 Å². The van der Waals surface area contributed by atoms with Gasteiger partial charge in [0.1, 0.15) is 17.6 Å². The number of hydrogen-bond acceptors (Lipinski definition) is 9. The summed E-state index contributed by atoms with van der Waals surface area (Å²) < 4.78 is 5.95. The number of aromatic hydroxyl groups is 7. The van der Waals surface area contributed by atoms with E-state index in [-0.39, 0.29) is 23.3 Å². The summed E-state index contributed by atoms with van der Waals surface area (Å²) in [5.74, 6) is -4.52. The average molecular weight is 441 g/mol. The smallest absolute Gasteiger partial charge is 0.251 e. The summed E-state index contributed by atoms with van der Waals surface area (Å²) in [7, 11) is 0. The molecule has 1 unspecified atom stereocenters. The second-order valence-electron chi connectivity index (χ2n) is 7.35. The molecule has 2 atom stereocenters. The molecule has 0 bridgehead atoms. The number of benzene rings is 3. The molecule has 10 nitrogen and oxygen atoms in total. The summed E-state index contributed by atoms with van der Waals surface area (Å²) in [5.41, 5.74) is 0.488. The maximum absolute atomic E-state index is 12.8. The number of amides is 1. The molecule has 8 N–H and O–H groups in total. The van der Waals surface area contributed by atoms with Crippen molar-refractivity contribution in [2.24, 2.45) is 0 Å². The quantitative estimate of drug-likeness (QED) is 0.282. The molecular formula is C22H19NO9. The third kappa shape index (κ3) is 3.58. The minimum absolute atomic E-state index is 0.0588. The summed E-state index contributed by atoms with van der Waals surface area (Å²) in [4.78, 5) is 12.8. The zero-order valence-electron chi connectivity index (χ0n) is 16.4. The van der Waals surface area contributed by atoms with Crippen molar-refractivity contribution < 1.29 is 45.3 Å². The predicted octanol–water partition coefficient (Wildman–Crippen LogP) is 2.10. The van der Waals surface area contributed by atoms with Crippen LogP contribution in [0.25, 0.3) is 0 Å². The van der Waals surface area contributed by atoms with Crippen LogP contribution in [-0.4, -0.2) is 47.7 Å². The van der Waals surface area contributed by atoms with Crippen LogP contribution in [0.15, 0.2) is 42.5 Å². The van der Waals surface area contributed by atoms with E-state index in [0.29, 0.717) is 11.3 Å². The Labute approximate surface area is 180 Å². The van der Waals surface area contributed by atoms with Crippen molar-refractivity contribution in [3.05, 3.63) is 59.2 Å². The second-order valence-corrected chi connectivity index (χ2v) is 7.35. The molecule has 0 saturated carbocycles. The van der Waals surface area contributed by atoms with Crippen molar-refractivity contribution in [3.8, 4) is 46.0 Å². The van der Waals surface area contributed by atoms with Gasteiger partial charge in [0.2, 0.25) is 0 Å². The minimum atomic E-state index is -0.954. The summed E-state index contributed by atoms with van der Waals surface area (Å²) in [6.07, 6.45) is -0.860. The number of fused-ring (bicyclic) bond motifs is 1. The summed E-state index contributed by atoms with van der Waals surface area (Å²) in [5, 5.41) is 71.2. The number of ether oxygens (including phenoxy) is 1. The molecule has 3 aromatic rings. The van der Waals surface area contributed by atoms with Crippen molar-refractivity contribution in [2.75, 3.05) is 0 Å². The Kier molecular flexibility index (Phi) is 4.97. The first-order valence-electron chi connectivity index (χ1n) is 9.44. The standard InChI is InChI=1S/C22H19NO9/c24-13-2-1-3-18-11(13)8-12(21(32-18)9-4-14(25)19(29)15(26)5-9)23-22(31)10-6-16(27)20(30)17(28)7-10/h1-7,12,21,24-30H,8H2,(H,23,31)/t12?,21-/m1/s1. The van der Waals surface area contributed by atoms with Gasteiger partial charge in [-0.1, -0.05) is 6.07 Å². The highest BCUT2D eigenvalue weighted by Crippen LogP contribution is 2.43. The monoisotopic (exact) mass is 441 g/mol. The van der Waals surface area contributed by atoms with Gasteiger partial charge >= 0.3 is 0 Å². The molecule has 0 fully saturated rings. The molecule has 3 aromatic carbocycles. The largest absolute Gasteiger partial charge is 0.508 e. The van der Waals surface area contributed by atoms with E-state index in [9.17, 15) is 40.5 Å². The Morgan fingerprint density at radius 2 is 1.38 bits per heavy atom. The summed E-state index contributed by atoms with van der Waals surface area (Å²) >= 11 is 0. The summed E-state index contributed by atoms with van der Waals surface area (Å²) in [6.45, 7) is 0. The van der Waals surface area contributed by atoms with E-state index in [1.54, 1.807) is 12.1 Å². The lowest BCUT2D eigenvalue weighted by molar-refractivity contribution is 0.0836. The molecule has 1 aliphatic heterocycles. The van der Waals surface area contributed by atoms with Gasteiger partial charge < -0.3 is 45.8 Å². The van der Waals surface area contributed by atoms with Crippen LogP contribution in [0.1, 0.15) is 27.6 Å². The van der Waals surface area contributed by atoms with Gasteiger partial charge in [0.05, 0.1) is 6.04 Å². The molecule has 4 rings (SSSR count). The van der Waals surface area contributed by atoms with Crippen molar-refractivity contribution in [2.45, 2.75) is 18.6 Å². The lowest BCUT2D eigenvalue weighted by Crippen LogP contribution is -2.45. The lowest BCUT2D eigenvalue weighted by atomic mass is 9.91. The first-order valence-corrected chi connectivity index (χ1v) is 9.44. The number of carbonyl (C=O) groups is 1. The van der Waals surface area contributed by atoms with E-state index < -0.39 is 52.6 Å². The van der Waals surface area contributed by atoms with Crippen molar-refractivity contribution in [1.29, 1.82) is 0 Å². The fraction of sp³-hybridized carbons (Fsp3) is 0.136. The molecule has 1 aliphatic rings. The van der Waals surface area contributed by atoms with Gasteiger partial charge in [-0.15, -0.1) is 0 Å². The second kappa shape index (κ2) is 7.65. The van der Waals surface area contributed by atoms with Crippen LogP contribution < -0.4 is 10.1 Å². The molecule has 0 spiro atoms. The molecule has 0 aliphatic carbocycles. The normalized spacial score (nSPS) is 17.2. The Morgan fingerprint density at radius 1 is 0.812 bits per heavy atom. The predicted molar refractivity (Wildman–Crippen MR) is 109 cm³/mol. The first-order chi connectivity index (χ1) is 15.2. The number of hydrogen-bond donors (Lipinski definition) is 8. The first kappa shape index (κ1) is 20.8. The van der Waals surface area contributed by atoms with Gasteiger partial charge in [-0.05, 0) is 36.4 Å². The fourth-order valence-electron chi connectivity index (χ4n) is 3.62. The van der Waals surface area contributed by atoms with Crippen molar-refractivity contribution in [3.63, 3.8) is 0 Å². The van der Waals surface area contributed by atoms with Crippen LogP contribution in [-0.2, 0) is 6.42 Å². The molecule has 32 heavy (non-hydrogen) atoms. The Morgan fingerprint density at radius 3 is 1.97 bits per heavy atom.